The lowest BCUT2D eigenvalue weighted by Gasteiger charge is -2.38. The van der Waals surface area contributed by atoms with Crippen LogP contribution in [0.4, 0.5) is 9.18 Å². The van der Waals surface area contributed by atoms with E-state index >= 15 is 4.39 Å². The van der Waals surface area contributed by atoms with Gasteiger partial charge in [-0.15, -0.1) is 0 Å². The van der Waals surface area contributed by atoms with Gasteiger partial charge in [0.1, 0.15) is 5.82 Å². The second-order valence-corrected chi connectivity index (χ2v) is 10.2. The molecule has 2 fully saturated rings. The zero-order valence-electron chi connectivity index (χ0n) is 17.6. The molecule has 2 aromatic carbocycles. The minimum absolute atomic E-state index is 0.0336. The summed E-state index contributed by atoms with van der Waals surface area (Å²) in [6.45, 7) is 3.46. The van der Waals surface area contributed by atoms with E-state index in [2.05, 4.69) is 4.72 Å². The monoisotopic (exact) mass is 445 g/mol. The molecular weight excluding hydrogens is 417 g/mol. The van der Waals surface area contributed by atoms with E-state index < -0.39 is 22.1 Å². The van der Waals surface area contributed by atoms with Crippen LogP contribution in [0, 0.1) is 5.82 Å². The van der Waals surface area contributed by atoms with E-state index in [0.29, 0.717) is 37.2 Å². The zero-order chi connectivity index (χ0) is 22.0. The third-order valence-electron chi connectivity index (χ3n) is 6.22. The minimum atomic E-state index is -3.45. The van der Waals surface area contributed by atoms with Crippen LogP contribution in [-0.4, -0.2) is 61.7 Å². The zero-order valence-corrected chi connectivity index (χ0v) is 18.4. The van der Waals surface area contributed by atoms with Gasteiger partial charge in [-0.3, -0.25) is 0 Å². The maximum absolute atomic E-state index is 15.5. The minimum Gasteiger partial charge on any atom is -0.325 e. The topological polar surface area (TPSA) is 69.7 Å². The van der Waals surface area contributed by atoms with Crippen molar-refractivity contribution in [2.75, 3.05) is 25.4 Å². The molecule has 0 aromatic heterocycles. The Morgan fingerprint density at radius 1 is 1.10 bits per heavy atom. The number of hydrogen-bond donors (Lipinski definition) is 1. The van der Waals surface area contributed by atoms with Crippen molar-refractivity contribution >= 4 is 16.1 Å². The van der Waals surface area contributed by atoms with Crippen LogP contribution in [0.15, 0.2) is 48.5 Å². The largest absolute Gasteiger partial charge is 0.325 e. The molecule has 2 amide bonds. The second-order valence-electron chi connectivity index (χ2n) is 8.15. The summed E-state index contributed by atoms with van der Waals surface area (Å²) in [5.41, 5.74) is 1.77. The highest BCUT2D eigenvalue weighted by atomic mass is 32.2. The maximum atomic E-state index is 15.5. The van der Waals surface area contributed by atoms with Crippen molar-refractivity contribution in [3.8, 4) is 11.1 Å². The first-order valence-corrected chi connectivity index (χ1v) is 12.4. The summed E-state index contributed by atoms with van der Waals surface area (Å²) < 4.78 is 42.7. The number of amides is 2. The standard InChI is InChI=1S/C23H28FN3O3S/c1-2-31(29,30)25-20-12-15-27(23(28)26-13-7-14-26)21(20)16-18-10-6-11-19(22(18)24)17-8-4-3-5-9-17/h3-6,8-11,20-21,25H,2,7,12-16H2,1H3/t20-,21-/m0/s1. The average molecular weight is 446 g/mol. The van der Waals surface area contributed by atoms with Crippen molar-refractivity contribution in [2.24, 2.45) is 0 Å². The lowest BCUT2D eigenvalue weighted by molar-refractivity contribution is 0.120. The number of carbonyl (C=O) groups is 1. The van der Waals surface area contributed by atoms with Gasteiger partial charge in [-0.1, -0.05) is 48.5 Å². The first kappa shape index (κ1) is 21.8. The van der Waals surface area contributed by atoms with E-state index in [1.165, 1.54) is 0 Å². The fourth-order valence-electron chi connectivity index (χ4n) is 4.29. The van der Waals surface area contributed by atoms with Crippen molar-refractivity contribution in [3.63, 3.8) is 0 Å². The van der Waals surface area contributed by atoms with Crippen molar-refractivity contribution in [3.05, 3.63) is 59.9 Å². The summed E-state index contributed by atoms with van der Waals surface area (Å²) >= 11 is 0. The number of hydrogen-bond acceptors (Lipinski definition) is 3. The molecule has 8 heteroatoms. The van der Waals surface area contributed by atoms with E-state index in [-0.39, 0.29) is 24.0 Å². The van der Waals surface area contributed by atoms with Gasteiger partial charge in [0, 0.05) is 31.2 Å². The summed E-state index contributed by atoms with van der Waals surface area (Å²) in [6, 6.07) is 13.6. The number of rotatable bonds is 6. The Kier molecular flexibility index (Phi) is 6.29. The molecule has 2 aliphatic rings. The SMILES string of the molecule is CCS(=O)(=O)N[C@H]1CCN(C(=O)N2CCC2)[C@H]1Cc1cccc(-c2ccccc2)c1F. The normalized spacial score (nSPS) is 21.2. The number of likely N-dealkylation sites (tertiary alicyclic amines) is 2. The summed E-state index contributed by atoms with van der Waals surface area (Å²) in [7, 11) is -3.45. The fourth-order valence-corrected chi connectivity index (χ4v) is 5.19. The highest BCUT2D eigenvalue weighted by molar-refractivity contribution is 7.89. The van der Waals surface area contributed by atoms with E-state index in [9.17, 15) is 13.2 Å². The molecule has 0 spiro atoms. The number of nitrogens with zero attached hydrogens (tertiary/aromatic N) is 2. The van der Waals surface area contributed by atoms with Crippen LogP contribution in [0.5, 0.6) is 0 Å². The van der Waals surface area contributed by atoms with Crippen LogP contribution in [0.2, 0.25) is 0 Å². The van der Waals surface area contributed by atoms with Crippen LogP contribution < -0.4 is 4.72 Å². The molecule has 1 N–H and O–H groups in total. The molecule has 2 saturated heterocycles. The van der Waals surface area contributed by atoms with Gasteiger partial charge in [0.05, 0.1) is 11.8 Å². The number of benzene rings is 2. The van der Waals surface area contributed by atoms with Crippen LogP contribution in [0.1, 0.15) is 25.3 Å². The van der Waals surface area contributed by atoms with Crippen molar-refractivity contribution < 1.29 is 17.6 Å². The highest BCUT2D eigenvalue weighted by Gasteiger charge is 2.41. The van der Waals surface area contributed by atoms with Gasteiger partial charge in [0.2, 0.25) is 10.0 Å². The van der Waals surface area contributed by atoms with Gasteiger partial charge in [-0.2, -0.15) is 0 Å². The highest BCUT2D eigenvalue weighted by Crippen LogP contribution is 2.30. The lowest BCUT2D eigenvalue weighted by atomic mass is 9.96. The van der Waals surface area contributed by atoms with Gasteiger partial charge in [-0.25, -0.2) is 22.3 Å². The molecule has 166 valence electrons. The Balaban J connectivity index is 1.64. The van der Waals surface area contributed by atoms with E-state index in [1.807, 2.05) is 36.4 Å². The van der Waals surface area contributed by atoms with Gasteiger partial charge >= 0.3 is 6.03 Å². The van der Waals surface area contributed by atoms with Crippen LogP contribution in [-0.2, 0) is 16.4 Å². The summed E-state index contributed by atoms with van der Waals surface area (Å²) in [5.74, 6) is -0.359. The van der Waals surface area contributed by atoms with E-state index in [4.69, 9.17) is 0 Å². The molecule has 0 radical (unpaired) electrons. The predicted octanol–water partition coefficient (Wildman–Crippen LogP) is 3.24. The molecule has 0 aliphatic carbocycles. The number of halogens is 1. The molecule has 0 unspecified atom stereocenters. The molecule has 2 aromatic rings. The molecule has 6 nitrogen and oxygen atoms in total. The number of nitrogens with one attached hydrogen (secondary N) is 1. The Morgan fingerprint density at radius 3 is 2.48 bits per heavy atom. The van der Waals surface area contributed by atoms with Gasteiger partial charge in [-0.05, 0) is 37.3 Å². The molecule has 2 heterocycles. The number of sulfonamides is 1. The lowest BCUT2D eigenvalue weighted by Crippen LogP contribution is -2.54. The predicted molar refractivity (Wildman–Crippen MR) is 119 cm³/mol. The van der Waals surface area contributed by atoms with Crippen molar-refractivity contribution in [1.29, 1.82) is 0 Å². The van der Waals surface area contributed by atoms with Crippen molar-refractivity contribution in [1.82, 2.24) is 14.5 Å². The molecule has 0 saturated carbocycles. The maximum Gasteiger partial charge on any atom is 0.320 e. The van der Waals surface area contributed by atoms with Crippen molar-refractivity contribution in [2.45, 2.75) is 38.3 Å². The molecule has 2 atom stereocenters. The first-order valence-electron chi connectivity index (χ1n) is 10.8. The Hall–Kier alpha value is -2.45. The quantitative estimate of drug-likeness (QED) is 0.742. The summed E-state index contributed by atoms with van der Waals surface area (Å²) in [4.78, 5) is 16.4. The first-order chi connectivity index (χ1) is 14.9. The Labute approximate surface area is 183 Å². The Morgan fingerprint density at radius 2 is 1.84 bits per heavy atom. The third-order valence-corrected chi connectivity index (χ3v) is 7.64. The Bertz CT molecular complexity index is 1040. The second kappa shape index (κ2) is 8.96. The van der Waals surface area contributed by atoms with Gasteiger partial charge < -0.3 is 9.80 Å². The third kappa shape index (κ3) is 4.60. The van der Waals surface area contributed by atoms with Gasteiger partial charge in [0.15, 0.2) is 0 Å². The average Bonchev–Trinajstić information content (AvgIpc) is 3.10. The molecule has 4 rings (SSSR count). The van der Waals surface area contributed by atoms with Crippen LogP contribution in [0.3, 0.4) is 0 Å². The smallest absolute Gasteiger partial charge is 0.320 e. The summed E-state index contributed by atoms with van der Waals surface area (Å²) in [6.07, 6.45) is 1.75. The molecule has 0 bridgehead atoms. The molecule has 31 heavy (non-hydrogen) atoms. The van der Waals surface area contributed by atoms with Crippen LogP contribution in [0.25, 0.3) is 11.1 Å². The van der Waals surface area contributed by atoms with E-state index in [1.54, 1.807) is 28.9 Å². The molecular formula is C23H28FN3O3S. The van der Waals surface area contributed by atoms with Crippen LogP contribution >= 0.6 is 0 Å². The van der Waals surface area contributed by atoms with Gasteiger partial charge in [0.25, 0.3) is 0 Å². The van der Waals surface area contributed by atoms with E-state index in [0.717, 1.165) is 12.0 Å². The number of urea groups is 1. The number of carbonyl (C=O) groups excluding carboxylic acids is 1. The fraction of sp³-hybridized carbons (Fsp3) is 0.435. The molecule has 2 aliphatic heterocycles. The summed E-state index contributed by atoms with van der Waals surface area (Å²) in [5, 5.41) is 0.